The van der Waals surface area contributed by atoms with Crippen molar-refractivity contribution in [3.05, 3.63) is 80.3 Å². The van der Waals surface area contributed by atoms with Crippen molar-refractivity contribution in [3.63, 3.8) is 0 Å². The molecule has 3 aromatic rings. The SMILES string of the molecule is Cc1csc(Sc2ccc([N+](=O)[O-])cc2C(=O)OCc2ccccc2C)n1. The van der Waals surface area contributed by atoms with Crippen molar-refractivity contribution in [3.8, 4) is 0 Å². The summed E-state index contributed by atoms with van der Waals surface area (Å²) in [5, 5.41) is 13.0. The highest BCUT2D eigenvalue weighted by molar-refractivity contribution is 8.01. The number of aromatic nitrogens is 1. The molecule has 8 heteroatoms. The van der Waals surface area contributed by atoms with Gasteiger partial charge < -0.3 is 4.74 Å². The van der Waals surface area contributed by atoms with E-state index in [1.807, 2.05) is 43.5 Å². The van der Waals surface area contributed by atoms with Crippen LogP contribution in [0.3, 0.4) is 0 Å². The number of rotatable bonds is 6. The average Bonchev–Trinajstić information content (AvgIpc) is 3.05. The maximum absolute atomic E-state index is 12.6. The molecule has 0 N–H and O–H groups in total. The topological polar surface area (TPSA) is 82.3 Å². The number of nitro groups is 1. The first kappa shape index (κ1) is 19.1. The van der Waals surface area contributed by atoms with E-state index in [0.717, 1.165) is 21.2 Å². The zero-order valence-electron chi connectivity index (χ0n) is 14.7. The van der Waals surface area contributed by atoms with E-state index in [0.29, 0.717) is 4.90 Å². The Morgan fingerprint density at radius 1 is 1.26 bits per heavy atom. The Morgan fingerprint density at radius 2 is 2.04 bits per heavy atom. The van der Waals surface area contributed by atoms with Gasteiger partial charge in [0.05, 0.1) is 10.5 Å². The third kappa shape index (κ3) is 4.72. The smallest absolute Gasteiger partial charge is 0.339 e. The van der Waals surface area contributed by atoms with Crippen molar-refractivity contribution in [2.75, 3.05) is 0 Å². The molecule has 0 saturated carbocycles. The lowest BCUT2D eigenvalue weighted by Crippen LogP contribution is -2.08. The maximum Gasteiger partial charge on any atom is 0.339 e. The largest absolute Gasteiger partial charge is 0.457 e. The summed E-state index contributed by atoms with van der Waals surface area (Å²) >= 11 is 2.75. The molecule has 0 saturated heterocycles. The van der Waals surface area contributed by atoms with Crippen LogP contribution in [0.4, 0.5) is 5.69 Å². The highest BCUT2D eigenvalue weighted by Gasteiger charge is 2.20. The average molecular weight is 400 g/mol. The number of nitrogens with zero attached hydrogens (tertiary/aromatic N) is 2. The molecule has 1 aromatic heterocycles. The van der Waals surface area contributed by atoms with Crippen molar-refractivity contribution in [2.24, 2.45) is 0 Å². The zero-order valence-corrected chi connectivity index (χ0v) is 16.3. The van der Waals surface area contributed by atoms with Crippen molar-refractivity contribution in [1.29, 1.82) is 0 Å². The Kier molecular flexibility index (Phi) is 5.88. The molecule has 0 bridgehead atoms. The molecule has 0 aliphatic carbocycles. The van der Waals surface area contributed by atoms with Crippen LogP contribution in [-0.4, -0.2) is 15.9 Å². The van der Waals surface area contributed by atoms with E-state index in [4.69, 9.17) is 4.74 Å². The summed E-state index contributed by atoms with van der Waals surface area (Å²) in [6, 6.07) is 11.8. The fraction of sp³-hybridized carbons (Fsp3) is 0.158. The van der Waals surface area contributed by atoms with Gasteiger partial charge in [-0.05, 0) is 31.0 Å². The number of ether oxygens (including phenoxy) is 1. The number of thiazole rings is 1. The molecule has 0 aliphatic heterocycles. The van der Waals surface area contributed by atoms with Gasteiger partial charge in [-0.25, -0.2) is 9.78 Å². The highest BCUT2D eigenvalue weighted by atomic mass is 32.2. The van der Waals surface area contributed by atoms with Gasteiger partial charge in [-0.3, -0.25) is 10.1 Å². The second-order valence-corrected chi connectivity index (χ2v) is 7.94. The predicted molar refractivity (Wildman–Crippen MR) is 104 cm³/mol. The molecule has 0 amide bonds. The molecule has 138 valence electrons. The first-order valence-corrected chi connectivity index (χ1v) is 9.73. The van der Waals surface area contributed by atoms with E-state index in [-0.39, 0.29) is 17.9 Å². The van der Waals surface area contributed by atoms with E-state index >= 15 is 0 Å². The number of aryl methyl sites for hydroxylation is 2. The maximum atomic E-state index is 12.6. The lowest BCUT2D eigenvalue weighted by Gasteiger charge is -2.10. The fourth-order valence-electron chi connectivity index (χ4n) is 2.35. The minimum atomic E-state index is -0.599. The van der Waals surface area contributed by atoms with Gasteiger partial charge in [0.2, 0.25) is 0 Å². The van der Waals surface area contributed by atoms with E-state index in [9.17, 15) is 14.9 Å². The number of hydrogen-bond acceptors (Lipinski definition) is 7. The van der Waals surface area contributed by atoms with Gasteiger partial charge in [-0.2, -0.15) is 0 Å². The van der Waals surface area contributed by atoms with Gasteiger partial charge >= 0.3 is 5.97 Å². The highest BCUT2D eigenvalue weighted by Crippen LogP contribution is 2.34. The molecule has 1 heterocycles. The lowest BCUT2D eigenvalue weighted by atomic mass is 10.1. The molecule has 0 atom stereocenters. The van der Waals surface area contributed by atoms with E-state index in [1.165, 1.54) is 35.2 Å². The first-order valence-electron chi connectivity index (χ1n) is 8.04. The van der Waals surface area contributed by atoms with E-state index in [1.54, 1.807) is 6.07 Å². The summed E-state index contributed by atoms with van der Waals surface area (Å²) < 4.78 is 6.18. The summed E-state index contributed by atoms with van der Waals surface area (Å²) in [5.41, 5.74) is 2.79. The van der Waals surface area contributed by atoms with Crippen LogP contribution in [0.1, 0.15) is 27.2 Å². The molecular formula is C19H16N2O4S2. The van der Waals surface area contributed by atoms with Crippen molar-refractivity contribution in [1.82, 2.24) is 4.98 Å². The van der Waals surface area contributed by atoms with Crippen LogP contribution < -0.4 is 0 Å². The first-order chi connectivity index (χ1) is 12.9. The minimum Gasteiger partial charge on any atom is -0.457 e. The van der Waals surface area contributed by atoms with Crippen LogP contribution in [0.15, 0.2) is 57.1 Å². The summed E-state index contributed by atoms with van der Waals surface area (Å²) in [6.45, 7) is 3.92. The molecule has 0 fully saturated rings. The molecule has 6 nitrogen and oxygen atoms in total. The minimum absolute atomic E-state index is 0.106. The number of benzene rings is 2. The predicted octanol–water partition coefficient (Wildman–Crippen LogP) is 5.18. The van der Waals surface area contributed by atoms with Gasteiger partial charge in [0.25, 0.3) is 5.69 Å². The molecule has 0 radical (unpaired) electrons. The molecule has 2 aromatic carbocycles. The fourth-order valence-corrected chi connectivity index (χ4v) is 4.24. The normalized spacial score (nSPS) is 10.6. The van der Waals surface area contributed by atoms with Crippen LogP contribution >= 0.6 is 23.1 Å². The molecule has 0 spiro atoms. The van der Waals surface area contributed by atoms with Gasteiger partial charge in [0.1, 0.15) is 6.61 Å². The second kappa shape index (κ2) is 8.32. The number of non-ortho nitro benzene ring substituents is 1. The third-order valence-electron chi connectivity index (χ3n) is 3.81. The number of esters is 1. The summed E-state index contributed by atoms with van der Waals surface area (Å²) in [4.78, 5) is 28.2. The zero-order chi connectivity index (χ0) is 19.4. The van der Waals surface area contributed by atoms with Gasteiger partial charge in [-0.15, -0.1) is 11.3 Å². The van der Waals surface area contributed by atoms with E-state index in [2.05, 4.69) is 4.98 Å². The Hall–Kier alpha value is -2.71. The molecule has 0 aliphatic rings. The van der Waals surface area contributed by atoms with Crippen LogP contribution in [-0.2, 0) is 11.3 Å². The Balaban J connectivity index is 1.86. The monoisotopic (exact) mass is 400 g/mol. The Labute approximate surface area is 164 Å². The standard InChI is InChI=1S/C19H16N2O4S2/c1-12-5-3-4-6-14(12)10-25-18(22)16-9-15(21(23)24)7-8-17(16)27-19-20-13(2)11-26-19/h3-9,11H,10H2,1-2H3. The van der Waals surface area contributed by atoms with Gasteiger partial charge in [0.15, 0.2) is 4.34 Å². The van der Waals surface area contributed by atoms with Crippen LogP contribution in [0, 0.1) is 24.0 Å². The van der Waals surface area contributed by atoms with Crippen LogP contribution in [0.25, 0.3) is 0 Å². The number of nitro benzene ring substituents is 1. The van der Waals surface area contributed by atoms with Crippen molar-refractivity contribution >= 4 is 34.8 Å². The summed E-state index contributed by atoms with van der Waals surface area (Å²) in [5.74, 6) is -0.599. The third-order valence-corrected chi connectivity index (χ3v) is 5.94. The van der Waals surface area contributed by atoms with Gasteiger partial charge in [0, 0.05) is 28.1 Å². The van der Waals surface area contributed by atoms with Crippen molar-refractivity contribution < 1.29 is 14.5 Å². The second-order valence-electron chi connectivity index (χ2n) is 5.80. The van der Waals surface area contributed by atoms with Crippen molar-refractivity contribution in [2.45, 2.75) is 29.7 Å². The summed E-state index contributed by atoms with van der Waals surface area (Å²) in [6.07, 6.45) is 0. The van der Waals surface area contributed by atoms with Gasteiger partial charge in [-0.1, -0.05) is 36.0 Å². The molecule has 0 unspecified atom stereocenters. The number of carbonyl (C=O) groups is 1. The quantitative estimate of drug-likeness (QED) is 0.322. The lowest BCUT2D eigenvalue weighted by molar-refractivity contribution is -0.384. The molecule has 27 heavy (non-hydrogen) atoms. The number of hydrogen-bond donors (Lipinski definition) is 0. The number of carbonyl (C=O) groups excluding carboxylic acids is 1. The summed E-state index contributed by atoms with van der Waals surface area (Å²) in [7, 11) is 0. The molecular weight excluding hydrogens is 384 g/mol. The Bertz CT molecular complexity index is 1000. The Morgan fingerprint density at radius 3 is 2.70 bits per heavy atom. The van der Waals surface area contributed by atoms with Crippen LogP contribution in [0.5, 0.6) is 0 Å². The molecule has 3 rings (SSSR count). The van der Waals surface area contributed by atoms with E-state index < -0.39 is 10.9 Å². The van der Waals surface area contributed by atoms with Crippen LogP contribution in [0.2, 0.25) is 0 Å².